The maximum Gasteiger partial charge on any atom is 0.401 e. The summed E-state index contributed by atoms with van der Waals surface area (Å²) in [6.45, 7) is 2.48. The van der Waals surface area contributed by atoms with Crippen molar-refractivity contribution in [2.24, 2.45) is 0 Å². The van der Waals surface area contributed by atoms with Gasteiger partial charge in [0.2, 0.25) is 0 Å². The number of hydrogen-bond donors (Lipinski definition) is 1. The Kier molecular flexibility index (Phi) is 6.99. The van der Waals surface area contributed by atoms with Crippen molar-refractivity contribution in [3.05, 3.63) is 33.8 Å². The van der Waals surface area contributed by atoms with E-state index in [1.807, 2.05) is 32.2 Å². The first-order valence-electron chi connectivity index (χ1n) is 6.56. The van der Waals surface area contributed by atoms with E-state index in [0.717, 1.165) is 22.1 Å². The third kappa shape index (κ3) is 6.24. The third-order valence-electron chi connectivity index (χ3n) is 2.84. The van der Waals surface area contributed by atoms with E-state index in [9.17, 15) is 13.2 Å². The summed E-state index contributed by atoms with van der Waals surface area (Å²) < 4.78 is 38.5. The van der Waals surface area contributed by atoms with Gasteiger partial charge in [-0.3, -0.25) is 4.90 Å². The van der Waals surface area contributed by atoms with E-state index in [4.69, 9.17) is 0 Å². The van der Waals surface area contributed by atoms with Crippen molar-refractivity contribution < 1.29 is 13.2 Å². The quantitative estimate of drug-likeness (QED) is 0.799. The van der Waals surface area contributed by atoms with Crippen molar-refractivity contribution in [2.75, 3.05) is 20.1 Å². The molecular formula is C14H20BrF3N2. The van der Waals surface area contributed by atoms with Gasteiger partial charge in [0, 0.05) is 17.6 Å². The van der Waals surface area contributed by atoms with Crippen molar-refractivity contribution in [3.8, 4) is 0 Å². The molecule has 0 unspecified atom stereocenters. The number of nitrogens with zero attached hydrogens (tertiary/aromatic N) is 1. The number of hydrogen-bond acceptors (Lipinski definition) is 2. The largest absolute Gasteiger partial charge is 0.401 e. The summed E-state index contributed by atoms with van der Waals surface area (Å²) >= 11 is 3.44. The van der Waals surface area contributed by atoms with Crippen LogP contribution in [0.15, 0.2) is 22.7 Å². The molecule has 1 aromatic rings. The number of halogens is 4. The highest BCUT2D eigenvalue weighted by Crippen LogP contribution is 2.23. The Balaban J connectivity index is 2.77. The van der Waals surface area contributed by atoms with Crippen molar-refractivity contribution in [1.29, 1.82) is 0 Å². The van der Waals surface area contributed by atoms with Crippen LogP contribution in [0, 0.1) is 0 Å². The minimum atomic E-state index is -4.16. The molecule has 0 fully saturated rings. The molecule has 6 heteroatoms. The smallest absolute Gasteiger partial charge is 0.316 e. The zero-order valence-corrected chi connectivity index (χ0v) is 13.3. The average molecular weight is 353 g/mol. The van der Waals surface area contributed by atoms with Crippen LogP contribution < -0.4 is 5.32 Å². The van der Waals surface area contributed by atoms with Gasteiger partial charge >= 0.3 is 6.18 Å². The van der Waals surface area contributed by atoms with Gasteiger partial charge in [-0.05, 0) is 37.2 Å². The molecule has 0 aromatic heterocycles. The predicted molar refractivity (Wildman–Crippen MR) is 78.5 cm³/mol. The lowest BCUT2D eigenvalue weighted by Crippen LogP contribution is -2.34. The topological polar surface area (TPSA) is 15.3 Å². The van der Waals surface area contributed by atoms with E-state index < -0.39 is 12.7 Å². The third-order valence-corrected chi connectivity index (χ3v) is 3.57. The lowest BCUT2D eigenvalue weighted by Gasteiger charge is -2.23. The molecule has 0 atom stereocenters. The molecule has 0 radical (unpaired) electrons. The number of rotatable bonds is 7. The van der Waals surface area contributed by atoms with E-state index in [2.05, 4.69) is 21.2 Å². The average Bonchev–Trinajstić information content (AvgIpc) is 2.31. The summed E-state index contributed by atoms with van der Waals surface area (Å²) in [7, 11) is 1.86. The minimum absolute atomic E-state index is 0.299. The van der Waals surface area contributed by atoms with Gasteiger partial charge in [-0.1, -0.05) is 35.0 Å². The maximum absolute atomic E-state index is 12.5. The summed E-state index contributed by atoms with van der Waals surface area (Å²) in [5, 5.41) is 3.04. The van der Waals surface area contributed by atoms with Gasteiger partial charge in [-0.2, -0.15) is 13.2 Å². The van der Waals surface area contributed by atoms with Crippen molar-refractivity contribution in [1.82, 2.24) is 10.2 Å². The van der Waals surface area contributed by atoms with Gasteiger partial charge in [-0.25, -0.2) is 0 Å². The standard InChI is InChI=1S/C14H20BrF3N2/c1-3-6-20(10-14(16,17)18)9-12-5-4-11(8-19-2)7-13(12)15/h4-5,7,19H,3,6,8-10H2,1-2H3. The lowest BCUT2D eigenvalue weighted by atomic mass is 10.1. The summed E-state index contributed by atoms with van der Waals surface area (Å²) in [4.78, 5) is 1.43. The van der Waals surface area contributed by atoms with Gasteiger partial charge in [0.1, 0.15) is 0 Å². The van der Waals surface area contributed by atoms with Crippen molar-refractivity contribution in [3.63, 3.8) is 0 Å². The van der Waals surface area contributed by atoms with Crippen molar-refractivity contribution in [2.45, 2.75) is 32.6 Å². The van der Waals surface area contributed by atoms with Gasteiger partial charge < -0.3 is 5.32 Å². The second-order valence-electron chi connectivity index (χ2n) is 4.78. The van der Waals surface area contributed by atoms with Crippen molar-refractivity contribution >= 4 is 15.9 Å². The molecule has 0 spiro atoms. The molecule has 1 rings (SSSR count). The molecule has 0 heterocycles. The number of benzene rings is 1. The molecule has 0 aliphatic rings. The van der Waals surface area contributed by atoms with E-state index >= 15 is 0 Å². The summed E-state index contributed by atoms with van der Waals surface area (Å²) in [5.41, 5.74) is 1.98. The number of nitrogens with one attached hydrogen (secondary N) is 1. The molecular weight excluding hydrogens is 333 g/mol. The highest BCUT2D eigenvalue weighted by Gasteiger charge is 2.30. The highest BCUT2D eigenvalue weighted by atomic mass is 79.9. The second-order valence-corrected chi connectivity index (χ2v) is 5.64. The number of alkyl halides is 3. The molecule has 0 aliphatic heterocycles. The summed E-state index contributed by atoms with van der Waals surface area (Å²) in [6.07, 6.45) is -3.46. The van der Waals surface area contributed by atoms with Crippen LogP contribution in [0.25, 0.3) is 0 Å². The van der Waals surface area contributed by atoms with E-state index in [-0.39, 0.29) is 0 Å². The SMILES string of the molecule is CCCN(Cc1ccc(CNC)cc1Br)CC(F)(F)F. The normalized spacial score (nSPS) is 12.2. The first-order chi connectivity index (χ1) is 9.35. The molecule has 1 aromatic carbocycles. The molecule has 20 heavy (non-hydrogen) atoms. The molecule has 114 valence electrons. The Morgan fingerprint density at radius 1 is 1.30 bits per heavy atom. The first kappa shape index (κ1) is 17.5. The van der Waals surface area contributed by atoms with Crippen LogP contribution in [0.5, 0.6) is 0 Å². The fourth-order valence-corrected chi connectivity index (χ4v) is 2.61. The fourth-order valence-electron chi connectivity index (χ4n) is 2.06. The summed E-state index contributed by atoms with van der Waals surface area (Å²) in [6, 6.07) is 5.77. The van der Waals surface area contributed by atoms with Crippen LogP contribution in [0.2, 0.25) is 0 Å². The lowest BCUT2D eigenvalue weighted by molar-refractivity contribution is -0.147. The van der Waals surface area contributed by atoms with Crippen LogP contribution in [-0.2, 0) is 13.1 Å². The monoisotopic (exact) mass is 352 g/mol. The zero-order valence-electron chi connectivity index (χ0n) is 11.7. The van der Waals surface area contributed by atoms with Crippen LogP contribution in [0.3, 0.4) is 0 Å². The highest BCUT2D eigenvalue weighted by molar-refractivity contribution is 9.10. The van der Waals surface area contributed by atoms with E-state index in [0.29, 0.717) is 19.5 Å². The second kappa shape index (κ2) is 8.00. The molecule has 0 saturated carbocycles. The zero-order chi connectivity index (χ0) is 15.2. The summed E-state index contributed by atoms with van der Waals surface area (Å²) in [5.74, 6) is 0. The Morgan fingerprint density at radius 3 is 2.50 bits per heavy atom. The molecule has 0 bridgehead atoms. The maximum atomic E-state index is 12.5. The Hall–Kier alpha value is -0.590. The van der Waals surface area contributed by atoms with Crippen LogP contribution in [-0.4, -0.2) is 31.2 Å². The van der Waals surface area contributed by atoms with Gasteiger partial charge in [0.05, 0.1) is 6.54 Å². The van der Waals surface area contributed by atoms with Gasteiger partial charge in [0.25, 0.3) is 0 Å². The molecule has 2 nitrogen and oxygen atoms in total. The molecule has 0 aliphatic carbocycles. The van der Waals surface area contributed by atoms with Gasteiger partial charge in [0.15, 0.2) is 0 Å². The fraction of sp³-hybridized carbons (Fsp3) is 0.571. The minimum Gasteiger partial charge on any atom is -0.316 e. The predicted octanol–water partition coefficient (Wildman–Crippen LogP) is 3.94. The first-order valence-corrected chi connectivity index (χ1v) is 7.36. The molecule has 1 N–H and O–H groups in total. The molecule has 0 saturated heterocycles. The van der Waals surface area contributed by atoms with Crippen LogP contribution in [0.4, 0.5) is 13.2 Å². The van der Waals surface area contributed by atoms with E-state index in [1.54, 1.807) is 0 Å². The Morgan fingerprint density at radius 2 is 2.00 bits per heavy atom. The Bertz CT molecular complexity index is 421. The molecule has 0 amide bonds. The Labute approximate surface area is 126 Å². The van der Waals surface area contributed by atoms with Gasteiger partial charge in [-0.15, -0.1) is 0 Å². The van der Waals surface area contributed by atoms with Crippen LogP contribution >= 0.6 is 15.9 Å². The van der Waals surface area contributed by atoms with E-state index in [1.165, 1.54) is 4.90 Å². The van der Waals surface area contributed by atoms with Crippen LogP contribution in [0.1, 0.15) is 24.5 Å².